The van der Waals surface area contributed by atoms with Gasteiger partial charge in [-0.1, -0.05) is 29.4 Å². The fourth-order valence-electron chi connectivity index (χ4n) is 3.03. The number of aryl methyl sites for hydroxylation is 2. The van der Waals surface area contributed by atoms with Crippen molar-refractivity contribution < 1.29 is 14.1 Å². The standard InChI is InChI=1S/C18H21N3O3/c1-12-17(13(2)24-20-12)18(23)19-10-14-6-3-4-7-15(14)11-21-9-5-8-16(21)22/h3-4,6-7H,5,8-11H2,1-2H3,(H,19,23). The lowest BCUT2D eigenvalue weighted by atomic mass is 10.1. The van der Waals surface area contributed by atoms with Gasteiger partial charge in [-0.2, -0.15) is 0 Å². The zero-order valence-corrected chi connectivity index (χ0v) is 14.0. The summed E-state index contributed by atoms with van der Waals surface area (Å²) < 4.78 is 5.04. The maximum atomic E-state index is 12.4. The molecule has 6 nitrogen and oxygen atoms in total. The summed E-state index contributed by atoms with van der Waals surface area (Å²) in [5.74, 6) is 0.517. The normalized spacial score (nSPS) is 14.2. The fraction of sp³-hybridized carbons (Fsp3) is 0.389. The summed E-state index contributed by atoms with van der Waals surface area (Å²) in [4.78, 5) is 26.0. The molecule has 2 amide bonds. The minimum Gasteiger partial charge on any atom is -0.361 e. The highest BCUT2D eigenvalue weighted by atomic mass is 16.5. The maximum Gasteiger partial charge on any atom is 0.257 e. The summed E-state index contributed by atoms with van der Waals surface area (Å²) in [6, 6.07) is 7.87. The lowest BCUT2D eigenvalue weighted by Crippen LogP contribution is -2.27. The molecule has 1 aromatic carbocycles. The Labute approximate surface area is 140 Å². The van der Waals surface area contributed by atoms with Crippen LogP contribution in [0.5, 0.6) is 0 Å². The average Bonchev–Trinajstić information content (AvgIpc) is 3.12. The van der Waals surface area contributed by atoms with E-state index in [4.69, 9.17) is 4.52 Å². The smallest absolute Gasteiger partial charge is 0.257 e. The highest BCUT2D eigenvalue weighted by Crippen LogP contribution is 2.18. The van der Waals surface area contributed by atoms with Gasteiger partial charge in [0.25, 0.3) is 5.91 Å². The molecule has 0 bridgehead atoms. The topological polar surface area (TPSA) is 75.4 Å². The molecule has 0 saturated carbocycles. The molecule has 0 atom stereocenters. The molecule has 126 valence electrons. The summed E-state index contributed by atoms with van der Waals surface area (Å²) in [5, 5.41) is 6.72. The Bertz CT molecular complexity index is 747. The van der Waals surface area contributed by atoms with Gasteiger partial charge in [0.2, 0.25) is 5.91 Å². The van der Waals surface area contributed by atoms with E-state index >= 15 is 0 Å². The average molecular weight is 327 g/mol. The van der Waals surface area contributed by atoms with Crippen molar-refractivity contribution in [2.24, 2.45) is 0 Å². The minimum atomic E-state index is -0.196. The molecule has 24 heavy (non-hydrogen) atoms. The first-order chi connectivity index (χ1) is 11.6. The summed E-state index contributed by atoms with van der Waals surface area (Å²) >= 11 is 0. The van der Waals surface area contributed by atoms with Gasteiger partial charge in [-0.3, -0.25) is 9.59 Å². The van der Waals surface area contributed by atoms with Crippen molar-refractivity contribution in [1.82, 2.24) is 15.4 Å². The number of nitrogens with one attached hydrogen (secondary N) is 1. The van der Waals surface area contributed by atoms with Crippen molar-refractivity contribution in [1.29, 1.82) is 0 Å². The molecule has 0 aliphatic carbocycles. The number of nitrogens with zero attached hydrogens (tertiary/aromatic N) is 2. The van der Waals surface area contributed by atoms with Crippen LogP contribution in [-0.4, -0.2) is 28.4 Å². The molecule has 0 radical (unpaired) electrons. The number of carbonyl (C=O) groups is 2. The number of benzene rings is 1. The Morgan fingerprint density at radius 3 is 2.67 bits per heavy atom. The maximum absolute atomic E-state index is 12.4. The quantitative estimate of drug-likeness (QED) is 0.914. The number of hydrogen-bond donors (Lipinski definition) is 1. The predicted octanol–water partition coefficient (Wildman–Crippen LogP) is 2.34. The molecule has 2 heterocycles. The second kappa shape index (κ2) is 6.86. The second-order valence-corrected chi connectivity index (χ2v) is 6.07. The van der Waals surface area contributed by atoms with Gasteiger partial charge in [0, 0.05) is 26.1 Å². The third-order valence-electron chi connectivity index (χ3n) is 4.35. The van der Waals surface area contributed by atoms with Crippen molar-refractivity contribution in [3.05, 3.63) is 52.4 Å². The Morgan fingerprint density at radius 2 is 2.04 bits per heavy atom. The molecule has 1 aliphatic rings. The van der Waals surface area contributed by atoms with Gasteiger partial charge in [0.05, 0.1) is 5.69 Å². The highest BCUT2D eigenvalue weighted by molar-refractivity contribution is 5.96. The van der Waals surface area contributed by atoms with Gasteiger partial charge in [0.15, 0.2) is 0 Å². The van der Waals surface area contributed by atoms with Crippen LogP contribution in [0.4, 0.5) is 0 Å². The first-order valence-corrected chi connectivity index (χ1v) is 8.12. The Morgan fingerprint density at radius 1 is 1.29 bits per heavy atom. The van der Waals surface area contributed by atoms with E-state index in [9.17, 15) is 9.59 Å². The van der Waals surface area contributed by atoms with Crippen LogP contribution in [0, 0.1) is 13.8 Å². The monoisotopic (exact) mass is 327 g/mol. The molecule has 0 unspecified atom stereocenters. The Balaban J connectivity index is 1.69. The number of amides is 2. The van der Waals surface area contributed by atoms with E-state index in [0.29, 0.717) is 36.5 Å². The summed E-state index contributed by atoms with van der Waals surface area (Å²) in [6.45, 7) is 5.27. The van der Waals surface area contributed by atoms with Crippen molar-refractivity contribution in [3.8, 4) is 0 Å². The lowest BCUT2D eigenvalue weighted by Gasteiger charge is -2.18. The Hall–Kier alpha value is -2.63. The van der Waals surface area contributed by atoms with Crippen LogP contribution in [0.1, 0.15) is 45.8 Å². The molecule has 0 spiro atoms. The summed E-state index contributed by atoms with van der Waals surface area (Å²) in [6.07, 6.45) is 1.55. The van der Waals surface area contributed by atoms with Crippen LogP contribution in [0.3, 0.4) is 0 Å². The zero-order valence-electron chi connectivity index (χ0n) is 14.0. The van der Waals surface area contributed by atoms with Crippen molar-refractivity contribution >= 4 is 11.8 Å². The number of hydrogen-bond acceptors (Lipinski definition) is 4. The number of carbonyl (C=O) groups excluding carboxylic acids is 2. The first kappa shape index (κ1) is 16.2. The van der Waals surface area contributed by atoms with Crippen LogP contribution in [0.15, 0.2) is 28.8 Å². The van der Waals surface area contributed by atoms with Crippen molar-refractivity contribution in [3.63, 3.8) is 0 Å². The van der Waals surface area contributed by atoms with Crippen LogP contribution in [0.25, 0.3) is 0 Å². The molecule has 1 saturated heterocycles. The van der Waals surface area contributed by atoms with Gasteiger partial charge < -0.3 is 14.7 Å². The van der Waals surface area contributed by atoms with Crippen LogP contribution in [0.2, 0.25) is 0 Å². The molecule has 1 aromatic heterocycles. The summed E-state index contributed by atoms with van der Waals surface area (Å²) in [7, 11) is 0. The van der Waals surface area contributed by atoms with E-state index in [2.05, 4.69) is 10.5 Å². The van der Waals surface area contributed by atoms with Crippen LogP contribution < -0.4 is 5.32 Å². The minimum absolute atomic E-state index is 0.196. The molecular formula is C18H21N3O3. The van der Waals surface area contributed by atoms with E-state index < -0.39 is 0 Å². The van der Waals surface area contributed by atoms with Gasteiger partial charge in [-0.15, -0.1) is 0 Å². The molecule has 6 heteroatoms. The van der Waals surface area contributed by atoms with Crippen molar-refractivity contribution in [2.45, 2.75) is 39.8 Å². The van der Waals surface area contributed by atoms with Gasteiger partial charge >= 0.3 is 0 Å². The van der Waals surface area contributed by atoms with E-state index in [1.165, 1.54) is 0 Å². The fourth-order valence-corrected chi connectivity index (χ4v) is 3.03. The SMILES string of the molecule is Cc1noc(C)c1C(=O)NCc1ccccc1CN1CCCC1=O. The third-order valence-corrected chi connectivity index (χ3v) is 4.35. The second-order valence-electron chi connectivity index (χ2n) is 6.07. The van der Waals surface area contributed by atoms with Crippen molar-refractivity contribution in [2.75, 3.05) is 6.54 Å². The predicted molar refractivity (Wildman–Crippen MR) is 88.2 cm³/mol. The lowest BCUT2D eigenvalue weighted by molar-refractivity contribution is -0.128. The van der Waals surface area contributed by atoms with Gasteiger partial charge in [0.1, 0.15) is 11.3 Å². The van der Waals surface area contributed by atoms with E-state index in [-0.39, 0.29) is 11.8 Å². The van der Waals surface area contributed by atoms with E-state index in [1.54, 1.807) is 13.8 Å². The number of aromatic nitrogens is 1. The Kier molecular flexibility index (Phi) is 4.64. The van der Waals surface area contributed by atoms with Crippen LogP contribution in [-0.2, 0) is 17.9 Å². The third kappa shape index (κ3) is 3.32. The molecule has 3 rings (SSSR count). The summed E-state index contributed by atoms with van der Waals surface area (Å²) in [5.41, 5.74) is 3.15. The van der Waals surface area contributed by atoms with Crippen LogP contribution >= 0.6 is 0 Å². The van der Waals surface area contributed by atoms with Gasteiger partial charge in [-0.05, 0) is 31.4 Å². The molecule has 2 aromatic rings. The molecule has 1 aliphatic heterocycles. The molecular weight excluding hydrogens is 306 g/mol. The molecule has 1 fully saturated rings. The van der Waals surface area contributed by atoms with E-state index in [0.717, 1.165) is 24.1 Å². The van der Waals surface area contributed by atoms with Gasteiger partial charge in [-0.25, -0.2) is 0 Å². The molecule has 1 N–H and O–H groups in total. The zero-order chi connectivity index (χ0) is 17.1. The van der Waals surface area contributed by atoms with E-state index in [1.807, 2.05) is 29.2 Å². The largest absolute Gasteiger partial charge is 0.361 e. The number of rotatable bonds is 5. The number of likely N-dealkylation sites (tertiary alicyclic amines) is 1. The first-order valence-electron chi connectivity index (χ1n) is 8.12. The highest BCUT2D eigenvalue weighted by Gasteiger charge is 2.21.